The highest BCUT2D eigenvalue weighted by atomic mass is 16.4. The molecule has 0 rings (SSSR count). The molecule has 21 heavy (non-hydrogen) atoms. The molecule has 4 heteroatoms. The van der Waals surface area contributed by atoms with E-state index >= 15 is 0 Å². The highest BCUT2D eigenvalue weighted by Gasteiger charge is 2.20. The van der Waals surface area contributed by atoms with Crippen LogP contribution in [0.3, 0.4) is 0 Å². The van der Waals surface area contributed by atoms with Crippen LogP contribution in [-0.4, -0.2) is 29.3 Å². The van der Waals surface area contributed by atoms with Crippen LogP contribution in [0.5, 0.6) is 0 Å². The van der Waals surface area contributed by atoms with Gasteiger partial charge >= 0.3 is 0 Å². The van der Waals surface area contributed by atoms with E-state index < -0.39 is 0 Å². The average Bonchev–Trinajstić information content (AvgIpc) is 2.49. The molecule has 0 aromatic carbocycles. The lowest BCUT2D eigenvalue weighted by Crippen LogP contribution is -2.25. The third-order valence-corrected chi connectivity index (χ3v) is 4.39. The Morgan fingerprint density at radius 3 is 1.48 bits per heavy atom. The van der Waals surface area contributed by atoms with Crippen molar-refractivity contribution in [3.05, 3.63) is 0 Å². The van der Waals surface area contributed by atoms with Gasteiger partial charge in [0.25, 0.3) is 16.1 Å². The minimum atomic E-state index is 0.327. The van der Waals surface area contributed by atoms with Gasteiger partial charge in [0.1, 0.15) is 0 Å². The lowest BCUT2D eigenvalue weighted by Gasteiger charge is -2.27. The van der Waals surface area contributed by atoms with Crippen molar-refractivity contribution in [1.82, 2.24) is 0 Å². The summed E-state index contributed by atoms with van der Waals surface area (Å²) in [5.41, 5.74) is 0. The van der Waals surface area contributed by atoms with Gasteiger partial charge in [0, 0.05) is 19.1 Å². The van der Waals surface area contributed by atoms with Gasteiger partial charge in [-0.1, -0.05) is 84.5 Å². The van der Waals surface area contributed by atoms with Crippen molar-refractivity contribution in [2.24, 2.45) is 11.8 Å². The molecule has 1 atom stereocenters. The maximum Gasteiger partial charge on any atom is 0.282 e. The molecule has 0 aromatic rings. The Morgan fingerprint density at radius 1 is 0.619 bits per heavy atom. The third-order valence-electron chi connectivity index (χ3n) is 4.39. The molecule has 120 valence electrons. The monoisotopic (exact) mass is 292 g/mol. The van der Waals surface area contributed by atoms with E-state index in [4.69, 9.17) is 25.4 Å². The van der Waals surface area contributed by atoms with Gasteiger partial charge in [0.05, 0.1) is 0 Å². The number of unbranched alkanes of at least 4 members (excludes halogenated alkanes) is 7. The molecule has 0 bridgehead atoms. The van der Waals surface area contributed by atoms with Gasteiger partial charge in [-0.05, 0) is 5.92 Å². The fraction of sp³-hybridized carbons (Fsp3) is 1.00. The Balaban J connectivity index is 4.15. The zero-order chi connectivity index (χ0) is 15.8. The van der Waals surface area contributed by atoms with E-state index in [1.807, 2.05) is 0 Å². The zero-order valence-corrected chi connectivity index (χ0v) is 14.3. The summed E-state index contributed by atoms with van der Waals surface area (Å²) in [6.07, 6.45) is 14.3. The normalized spacial score (nSPS) is 12.9. The van der Waals surface area contributed by atoms with Crippen LogP contribution >= 0.6 is 0 Å². The molecule has 0 aromatic heterocycles. The van der Waals surface area contributed by atoms with E-state index in [9.17, 15) is 0 Å². The maximum absolute atomic E-state index is 5.27. The van der Waals surface area contributed by atoms with Gasteiger partial charge in [0.15, 0.2) is 0 Å². The van der Waals surface area contributed by atoms with Crippen molar-refractivity contribution in [2.45, 2.75) is 84.5 Å². The molecule has 0 aliphatic rings. The van der Waals surface area contributed by atoms with Crippen LogP contribution in [-0.2, 0) is 9.31 Å². The van der Waals surface area contributed by atoms with Crippen LogP contribution in [0.1, 0.15) is 84.5 Å². The maximum atomic E-state index is 5.27. The highest BCUT2D eigenvalue weighted by Crippen LogP contribution is 2.26. The van der Waals surface area contributed by atoms with Crippen LogP contribution in [0.2, 0.25) is 0 Å². The quantitative estimate of drug-likeness (QED) is 0.302. The number of hydrogen-bond acceptors (Lipinski definition) is 2. The van der Waals surface area contributed by atoms with Crippen LogP contribution < -0.4 is 0 Å². The van der Waals surface area contributed by atoms with Gasteiger partial charge in [-0.25, -0.2) is 0 Å². The molecule has 1 unspecified atom stereocenters. The molecule has 2 nitrogen and oxygen atoms in total. The van der Waals surface area contributed by atoms with E-state index in [0.717, 1.165) is 0 Å². The van der Waals surface area contributed by atoms with Crippen molar-refractivity contribution in [3.63, 3.8) is 0 Å². The Hall–Kier alpha value is 0.0499. The molecular weight excluding hydrogens is 258 g/mol. The molecule has 0 amide bonds. The fourth-order valence-electron chi connectivity index (χ4n) is 3.03. The van der Waals surface area contributed by atoms with Crippen LogP contribution in [0.15, 0.2) is 0 Å². The van der Waals surface area contributed by atoms with E-state index in [1.165, 1.54) is 70.6 Å². The molecule has 4 radical (unpaired) electrons. The second-order valence-corrected chi connectivity index (χ2v) is 6.24. The Morgan fingerprint density at radius 2 is 1.05 bits per heavy atom. The van der Waals surface area contributed by atoms with Crippen molar-refractivity contribution in [1.29, 1.82) is 0 Å². The summed E-state index contributed by atoms with van der Waals surface area (Å²) >= 11 is 0. The molecule has 0 fully saturated rings. The van der Waals surface area contributed by atoms with Crippen LogP contribution in [0.4, 0.5) is 0 Å². The van der Waals surface area contributed by atoms with Crippen molar-refractivity contribution in [2.75, 3.05) is 13.2 Å². The molecule has 0 N–H and O–H groups in total. The van der Waals surface area contributed by atoms with Crippen molar-refractivity contribution >= 4 is 16.1 Å². The topological polar surface area (TPSA) is 18.5 Å². The Kier molecular flexibility index (Phi) is 16.5. The highest BCUT2D eigenvalue weighted by molar-refractivity contribution is 5.98. The first kappa shape index (κ1) is 21.0. The molecular formula is C17H34B2O2. The standard InChI is InChI=1S/C17H34B2O2/c1-3-5-7-9-11-13-16(12-10-8-6-4-2)17(14-20-18)15-21-19/h16-17H,3-15H2,1-2H3. The van der Waals surface area contributed by atoms with Crippen LogP contribution in [0, 0.1) is 11.8 Å². The summed E-state index contributed by atoms with van der Waals surface area (Å²) in [5.74, 6) is 0.948. The number of rotatable bonds is 16. The van der Waals surface area contributed by atoms with Gasteiger partial charge in [-0.3, -0.25) is 0 Å². The first-order valence-corrected chi connectivity index (χ1v) is 8.93. The SMILES string of the molecule is [B]OCC(CO[B])C(CCCCCC)CCCCCCC. The molecule has 0 heterocycles. The predicted molar refractivity (Wildman–Crippen MR) is 92.5 cm³/mol. The summed E-state index contributed by atoms with van der Waals surface area (Å²) in [6, 6.07) is 0. The Labute approximate surface area is 135 Å². The van der Waals surface area contributed by atoms with E-state index in [1.54, 1.807) is 0 Å². The first-order chi connectivity index (χ1) is 10.3. The molecule has 0 aliphatic carbocycles. The van der Waals surface area contributed by atoms with Gasteiger partial charge in [-0.15, -0.1) is 0 Å². The van der Waals surface area contributed by atoms with E-state index in [2.05, 4.69) is 13.8 Å². The number of hydrogen-bond donors (Lipinski definition) is 0. The summed E-state index contributed by atoms with van der Waals surface area (Å²) in [6.45, 7) is 5.59. The molecule has 0 saturated carbocycles. The summed E-state index contributed by atoms with van der Waals surface area (Å²) in [4.78, 5) is 0. The second-order valence-electron chi connectivity index (χ2n) is 6.24. The van der Waals surface area contributed by atoms with Crippen molar-refractivity contribution < 1.29 is 9.31 Å². The molecule has 0 spiro atoms. The van der Waals surface area contributed by atoms with E-state index in [0.29, 0.717) is 25.0 Å². The van der Waals surface area contributed by atoms with E-state index in [-0.39, 0.29) is 0 Å². The Bertz CT molecular complexity index is 197. The minimum Gasteiger partial charge on any atom is -0.447 e. The largest absolute Gasteiger partial charge is 0.447 e. The van der Waals surface area contributed by atoms with Gasteiger partial charge in [0.2, 0.25) is 0 Å². The van der Waals surface area contributed by atoms with Gasteiger partial charge < -0.3 is 9.31 Å². The predicted octanol–water partition coefficient (Wildman–Crippen LogP) is 4.75. The summed E-state index contributed by atoms with van der Waals surface area (Å²) in [5, 5.41) is 0. The van der Waals surface area contributed by atoms with Crippen molar-refractivity contribution in [3.8, 4) is 0 Å². The van der Waals surface area contributed by atoms with Crippen LogP contribution in [0.25, 0.3) is 0 Å². The lowest BCUT2D eigenvalue weighted by atomic mass is 9.84. The fourth-order valence-corrected chi connectivity index (χ4v) is 3.03. The lowest BCUT2D eigenvalue weighted by molar-refractivity contribution is 0.127. The van der Waals surface area contributed by atoms with Gasteiger partial charge in [-0.2, -0.15) is 0 Å². The third kappa shape index (κ3) is 12.3. The average molecular weight is 292 g/mol. The minimum absolute atomic E-state index is 0.327. The summed E-state index contributed by atoms with van der Waals surface area (Å²) in [7, 11) is 10.5. The first-order valence-electron chi connectivity index (χ1n) is 8.93. The second kappa shape index (κ2) is 16.4. The smallest absolute Gasteiger partial charge is 0.282 e. The molecule has 0 aliphatic heterocycles. The molecule has 0 saturated heterocycles. The summed E-state index contributed by atoms with van der Waals surface area (Å²) < 4.78 is 9.75. The zero-order valence-electron chi connectivity index (χ0n) is 14.3.